The lowest BCUT2D eigenvalue weighted by Gasteiger charge is -2.32. The standard InChI is InChI=1S/C19H28BClO4/c1-17(2,3)23-16(22)11-8-13-12-14(9-10-15(13)21)20-24-18(4,5)19(6,7)25-20/h9-10,12H,8,11H2,1-7H3. The van der Waals surface area contributed by atoms with Crippen molar-refractivity contribution in [1.82, 2.24) is 0 Å². The van der Waals surface area contributed by atoms with Crippen LogP contribution in [0.25, 0.3) is 0 Å². The van der Waals surface area contributed by atoms with Crippen LogP contribution in [0.5, 0.6) is 0 Å². The van der Waals surface area contributed by atoms with Crippen LogP contribution in [0, 0.1) is 0 Å². The number of benzene rings is 1. The topological polar surface area (TPSA) is 44.8 Å². The van der Waals surface area contributed by atoms with E-state index in [2.05, 4.69) is 0 Å². The van der Waals surface area contributed by atoms with Crippen LogP contribution in [-0.2, 0) is 25.3 Å². The summed E-state index contributed by atoms with van der Waals surface area (Å²) in [5.74, 6) is -0.232. The highest BCUT2D eigenvalue weighted by molar-refractivity contribution is 6.62. The molecule has 0 N–H and O–H groups in total. The van der Waals surface area contributed by atoms with E-state index in [0.29, 0.717) is 11.4 Å². The van der Waals surface area contributed by atoms with E-state index >= 15 is 0 Å². The van der Waals surface area contributed by atoms with Crippen molar-refractivity contribution in [1.29, 1.82) is 0 Å². The van der Waals surface area contributed by atoms with Gasteiger partial charge in [0.2, 0.25) is 0 Å². The Labute approximate surface area is 156 Å². The minimum atomic E-state index is -0.481. The smallest absolute Gasteiger partial charge is 0.460 e. The summed E-state index contributed by atoms with van der Waals surface area (Å²) in [4.78, 5) is 11.9. The molecular formula is C19H28BClO4. The number of carbonyl (C=O) groups is 1. The minimum absolute atomic E-state index is 0.232. The molecule has 0 amide bonds. The first-order valence-electron chi connectivity index (χ1n) is 8.66. The molecule has 1 aliphatic heterocycles. The van der Waals surface area contributed by atoms with Crippen molar-refractivity contribution in [2.75, 3.05) is 0 Å². The van der Waals surface area contributed by atoms with Gasteiger partial charge in [-0.3, -0.25) is 4.79 Å². The molecule has 1 aromatic carbocycles. The molecule has 1 aliphatic rings. The molecule has 25 heavy (non-hydrogen) atoms. The molecule has 0 aromatic heterocycles. The molecule has 1 heterocycles. The lowest BCUT2D eigenvalue weighted by Crippen LogP contribution is -2.41. The van der Waals surface area contributed by atoms with Gasteiger partial charge in [0.25, 0.3) is 0 Å². The number of esters is 1. The highest BCUT2D eigenvalue weighted by atomic mass is 35.5. The maximum absolute atomic E-state index is 11.9. The van der Waals surface area contributed by atoms with Crippen LogP contribution in [0.15, 0.2) is 18.2 Å². The third kappa shape index (κ3) is 4.99. The van der Waals surface area contributed by atoms with Crippen molar-refractivity contribution in [3.05, 3.63) is 28.8 Å². The summed E-state index contributed by atoms with van der Waals surface area (Å²) < 4.78 is 17.5. The first-order valence-corrected chi connectivity index (χ1v) is 9.04. The van der Waals surface area contributed by atoms with Crippen LogP contribution in [0.4, 0.5) is 0 Å². The Kier molecular flexibility index (Phi) is 5.63. The fourth-order valence-electron chi connectivity index (χ4n) is 2.54. The second kappa shape index (κ2) is 6.94. The molecule has 6 heteroatoms. The van der Waals surface area contributed by atoms with Gasteiger partial charge < -0.3 is 14.0 Å². The van der Waals surface area contributed by atoms with Crippen LogP contribution >= 0.6 is 11.6 Å². The Morgan fingerprint density at radius 3 is 2.24 bits per heavy atom. The summed E-state index contributed by atoms with van der Waals surface area (Å²) in [5.41, 5.74) is 0.523. The third-order valence-corrected chi connectivity index (χ3v) is 4.98. The van der Waals surface area contributed by atoms with Crippen LogP contribution in [0.1, 0.15) is 60.5 Å². The van der Waals surface area contributed by atoms with Crippen molar-refractivity contribution in [3.63, 3.8) is 0 Å². The minimum Gasteiger partial charge on any atom is -0.460 e. The first kappa shape index (κ1) is 20.3. The number of hydrogen-bond acceptors (Lipinski definition) is 4. The van der Waals surface area contributed by atoms with Gasteiger partial charge in [0.05, 0.1) is 11.2 Å². The summed E-state index contributed by atoms with van der Waals surface area (Å²) in [6.07, 6.45) is 0.797. The number of hydrogen-bond donors (Lipinski definition) is 0. The van der Waals surface area contributed by atoms with Crippen LogP contribution in [0.3, 0.4) is 0 Å². The third-order valence-electron chi connectivity index (χ3n) is 4.61. The average molecular weight is 367 g/mol. The highest BCUT2D eigenvalue weighted by Crippen LogP contribution is 2.36. The molecule has 0 bridgehead atoms. The fourth-order valence-corrected chi connectivity index (χ4v) is 2.75. The number of halogens is 1. The second-order valence-corrected chi connectivity index (χ2v) is 8.93. The summed E-state index contributed by atoms with van der Waals surface area (Å²) in [6.45, 7) is 13.7. The zero-order valence-corrected chi connectivity index (χ0v) is 17.0. The Hall–Kier alpha value is -1.04. The lowest BCUT2D eigenvalue weighted by molar-refractivity contribution is -0.154. The zero-order chi connectivity index (χ0) is 19.0. The largest absolute Gasteiger partial charge is 0.494 e. The summed E-state index contributed by atoms with van der Waals surface area (Å²) >= 11 is 6.30. The molecule has 0 saturated carbocycles. The molecule has 1 saturated heterocycles. The first-order chi connectivity index (χ1) is 11.3. The lowest BCUT2D eigenvalue weighted by atomic mass is 9.78. The molecule has 0 spiro atoms. The molecule has 0 aliphatic carbocycles. The van der Waals surface area contributed by atoms with Gasteiger partial charge in [0.1, 0.15) is 5.60 Å². The van der Waals surface area contributed by atoms with Gasteiger partial charge in [0, 0.05) is 11.4 Å². The van der Waals surface area contributed by atoms with Gasteiger partial charge in [-0.05, 0) is 72.0 Å². The molecule has 0 radical (unpaired) electrons. The summed E-state index contributed by atoms with van der Waals surface area (Å²) in [7, 11) is -0.442. The molecule has 1 fully saturated rings. The van der Waals surface area contributed by atoms with E-state index in [1.165, 1.54) is 0 Å². The van der Waals surface area contributed by atoms with E-state index in [1.807, 2.05) is 66.7 Å². The van der Waals surface area contributed by atoms with E-state index in [1.54, 1.807) is 0 Å². The van der Waals surface area contributed by atoms with Crippen molar-refractivity contribution in [3.8, 4) is 0 Å². The number of rotatable bonds is 4. The molecular weight excluding hydrogens is 338 g/mol. The van der Waals surface area contributed by atoms with Gasteiger partial charge in [-0.15, -0.1) is 0 Å². The quantitative estimate of drug-likeness (QED) is 0.598. The average Bonchev–Trinajstić information content (AvgIpc) is 2.64. The van der Waals surface area contributed by atoms with Crippen LogP contribution < -0.4 is 5.46 Å². The Morgan fingerprint density at radius 1 is 1.16 bits per heavy atom. The van der Waals surface area contributed by atoms with Gasteiger partial charge in [-0.1, -0.05) is 23.7 Å². The Morgan fingerprint density at radius 2 is 1.72 bits per heavy atom. The summed E-state index contributed by atoms with van der Waals surface area (Å²) in [6, 6.07) is 5.68. The van der Waals surface area contributed by atoms with E-state index in [9.17, 15) is 4.79 Å². The SMILES string of the molecule is CC(C)(C)OC(=O)CCc1cc(B2OC(C)(C)C(C)(C)O2)ccc1Cl. The van der Waals surface area contributed by atoms with E-state index in [0.717, 1.165) is 11.0 Å². The Balaban J connectivity index is 2.10. The molecule has 1 aromatic rings. The highest BCUT2D eigenvalue weighted by Gasteiger charge is 2.51. The van der Waals surface area contributed by atoms with E-state index < -0.39 is 23.9 Å². The van der Waals surface area contributed by atoms with Gasteiger partial charge in [-0.2, -0.15) is 0 Å². The maximum Gasteiger partial charge on any atom is 0.494 e. The number of carbonyl (C=O) groups excluding carboxylic acids is 1. The van der Waals surface area contributed by atoms with Crippen LogP contribution in [-0.4, -0.2) is 29.9 Å². The van der Waals surface area contributed by atoms with Crippen molar-refractivity contribution in [2.45, 2.75) is 78.1 Å². The molecule has 0 unspecified atom stereocenters. The van der Waals surface area contributed by atoms with Crippen molar-refractivity contribution < 1.29 is 18.8 Å². The van der Waals surface area contributed by atoms with Gasteiger partial charge in [-0.25, -0.2) is 0 Å². The van der Waals surface area contributed by atoms with Crippen LogP contribution in [0.2, 0.25) is 5.02 Å². The fraction of sp³-hybridized carbons (Fsp3) is 0.632. The van der Waals surface area contributed by atoms with Crippen molar-refractivity contribution >= 4 is 30.2 Å². The predicted octanol–water partition coefficient (Wildman–Crippen LogP) is 3.91. The Bertz CT molecular complexity index is 633. The maximum atomic E-state index is 11.9. The molecule has 0 atom stereocenters. The van der Waals surface area contributed by atoms with Gasteiger partial charge >= 0.3 is 13.1 Å². The summed E-state index contributed by atoms with van der Waals surface area (Å²) in [5, 5.41) is 0.629. The number of aryl methyl sites for hydroxylation is 1. The van der Waals surface area contributed by atoms with Crippen molar-refractivity contribution in [2.24, 2.45) is 0 Å². The number of ether oxygens (including phenoxy) is 1. The normalized spacial score (nSPS) is 19.1. The second-order valence-electron chi connectivity index (χ2n) is 8.53. The predicted molar refractivity (Wildman–Crippen MR) is 101 cm³/mol. The molecule has 2 rings (SSSR count). The molecule has 4 nitrogen and oxygen atoms in total. The van der Waals surface area contributed by atoms with E-state index in [4.69, 9.17) is 25.6 Å². The molecule has 138 valence electrons. The monoisotopic (exact) mass is 366 g/mol. The van der Waals surface area contributed by atoms with Gasteiger partial charge in [0.15, 0.2) is 0 Å². The van der Waals surface area contributed by atoms with E-state index in [-0.39, 0.29) is 12.4 Å². The zero-order valence-electron chi connectivity index (χ0n) is 16.2.